The lowest BCUT2D eigenvalue weighted by atomic mass is 10.1. The highest BCUT2D eigenvalue weighted by molar-refractivity contribution is 6.36. The van der Waals surface area contributed by atoms with Crippen molar-refractivity contribution in [1.29, 1.82) is 0 Å². The first-order chi connectivity index (χ1) is 13.1. The molecule has 0 atom stereocenters. The molecular weight excluding hydrogens is 387 g/mol. The molecule has 1 heterocycles. The number of amides is 1. The highest BCUT2D eigenvalue weighted by atomic mass is 35.5. The summed E-state index contributed by atoms with van der Waals surface area (Å²) in [6.45, 7) is 4.81. The minimum Gasteiger partial charge on any atom is -0.486 e. The van der Waals surface area contributed by atoms with Crippen molar-refractivity contribution < 1.29 is 14.3 Å². The number of nitrogens with one attached hydrogen (secondary N) is 1. The fourth-order valence-electron chi connectivity index (χ4n) is 3.01. The van der Waals surface area contributed by atoms with Gasteiger partial charge in [-0.05, 0) is 37.2 Å². The molecule has 27 heavy (non-hydrogen) atoms. The third kappa shape index (κ3) is 5.28. The van der Waals surface area contributed by atoms with Gasteiger partial charge in [-0.2, -0.15) is 0 Å². The quantitative estimate of drug-likeness (QED) is 0.726. The lowest BCUT2D eigenvalue weighted by Crippen LogP contribution is -2.34. The molecule has 2 aromatic carbocycles. The first-order valence-electron chi connectivity index (χ1n) is 8.91. The molecule has 1 aliphatic rings. The summed E-state index contributed by atoms with van der Waals surface area (Å²) in [5.41, 5.74) is 1.56. The van der Waals surface area contributed by atoms with Crippen molar-refractivity contribution in [1.82, 2.24) is 4.90 Å². The number of carbonyl (C=O) groups is 1. The van der Waals surface area contributed by atoms with Gasteiger partial charge in [0, 0.05) is 17.1 Å². The molecule has 0 saturated carbocycles. The Hall–Kier alpha value is -1.95. The van der Waals surface area contributed by atoms with Crippen molar-refractivity contribution in [2.45, 2.75) is 19.9 Å². The van der Waals surface area contributed by atoms with Gasteiger partial charge >= 0.3 is 0 Å². The van der Waals surface area contributed by atoms with Crippen LogP contribution in [0, 0.1) is 0 Å². The van der Waals surface area contributed by atoms with Gasteiger partial charge in [0.1, 0.15) is 13.2 Å². The monoisotopic (exact) mass is 408 g/mol. The van der Waals surface area contributed by atoms with Crippen molar-refractivity contribution in [3.05, 3.63) is 52.0 Å². The second kappa shape index (κ2) is 9.31. The normalized spacial score (nSPS) is 12.9. The van der Waals surface area contributed by atoms with Crippen molar-refractivity contribution in [3.8, 4) is 11.5 Å². The van der Waals surface area contributed by atoms with Crippen LogP contribution in [0.15, 0.2) is 36.4 Å². The second-order valence-corrected chi connectivity index (χ2v) is 7.17. The minimum atomic E-state index is -0.130. The highest BCUT2D eigenvalue weighted by Crippen LogP contribution is 2.34. The zero-order valence-corrected chi connectivity index (χ0v) is 16.6. The van der Waals surface area contributed by atoms with E-state index in [4.69, 9.17) is 32.7 Å². The zero-order valence-electron chi connectivity index (χ0n) is 15.1. The maximum absolute atomic E-state index is 12.5. The van der Waals surface area contributed by atoms with Crippen LogP contribution in [0.5, 0.6) is 11.5 Å². The lowest BCUT2D eigenvalue weighted by Gasteiger charge is -2.25. The van der Waals surface area contributed by atoms with Crippen LogP contribution >= 0.6 is 23.2 Å². The first kappa shape index (κ1) is 19.8. The van der Waals surface area contributed by atoms with E-state index in [0.29, 0.717) is 35.5 Å². The molecular formula is C20H22Cl2N2O3. The fraction of sp³-hybridized carbons (Fsp3) is 0.350. The van der Waals surface area contributed by atoms with Crippen molar-refractivity contribution in [3.63, 3.8) is 0 Å². The Morgan fingerprint density at radius 3 is 2.78 bits per heavy atom. The Morgan fingerprint density at radius 2 is 2.00 bits per heavy atom. The maximum atomic E-state index is 12.5. The van der Waals surface area contributed by atoms with Gasteiger partial charge in [0.2, 0.25) is 5.91 Å². The van der Waals surface area contributed by atoms with Crippen LogP contribution in [0.1, 0.15) is 18.9 Å². The summed E-state index contributed by atoms with van der Waals surface area (Å²) < 4.78 is 11.4. The van der Waals surface area contributed by atoms with Crippen LogP contribution in [0.2, 0.25) is 10.0 Å². The molecule has 0 spiro atoms. The second-order valence-electron chi connectivity index (χ2n) is 6.32. The first-order valence-corrected chi connectivity index (χ1v) is 9.67. The summed E-state index contributed by atoms with van der Waals surface area (Å²) in [4.78, 5) is 14.6. The Labute approximate surface area is 169 Å². The fourth-order valence-corrected chi connectivity index (χ4v) is 3.47. The van der Waals surface area contributed by atoms with Crippen LogP contribution in [0.4, 0.5) is 5.69 Å². The van der Waals surface area contributed by atoms with E-state index in [1.807, 2.05) is 18.2 Å². The number of fused-ring (bicyclic) bond motifs is 1. The molecule has 3 rings (SSSR count). The van der Waals surface area contributed by atoms with Gasteiger partial charge in [-0.15, -0.1) is 0 Å². The molecule has 0 saturated heterocycles. The largest absolute Gasteiger partial charge is 0.486 e. The van der Waals surface area contributed by atoms with E-state index in [-0.39, 0.29) is 12.5 Å². The molecule has 1 N–H and O–H groups in total. The number of rotatable bonds is 7. The molecule has 2 aromatic rings. The number of para-hydroxylation sites is 1. The van der Waals surface area contributed by atoms with E-state index in [1.54, 1.807) is 18.2 Å². The van der Waals surface area contributed by atoms with E-state index in [1.165, 1.54) is 0 Å². The summed E-state index contributed by atoms with van der Waals surface area (Å²) >= 11 is 12.0. The number of halogens is 2. The summed E-state index contributed by atoms with van der Waals surface area (Å²) in [5, 5.41) is 3.79. The van der Waals surface area contributed by atoms with Gasteiger partial charge in [-0.1, -0.05) is 42.3 Å². The molecule has 0 fully saturated rings. The standard InChI is InChI=1S/C20H22Cl2N2O3/c1-2-8-24(12-14-4-3-5-18-20(14)27-10-9-26-18)13-19(25)23-17-7-6-15(21)11-16(17)22/h3-7,11H,2,8-10,12-13H2,1H3,(H,23,25). The van der Waals surface area contributed by atoms with Gasteiger partial charge in [0.15, 0.2) is 11.5 Å². The number of hydrogen-bond acceptors (Lipinski definition) is 4. The summed E-state index contributed by atoms with van der Waals surface area (Å²) in [6, 6.07) is 10.9. The Morgan fingerprint density at radius 1 is 1.19 bits per heavy atom. The Kier molecular flexibility index (Phi) is 6.83. The molecule has 0 radical (unpaired) electrons. The molecule has 0 unspecified atom stereocenters. The predicted octanol–water partition coefficient (Wildman–Crippen LogP) is 4.62. The van der Waals surface area contributed by atoms with Gasteiger partial charge < -0.3 is 14.8 Å². The molecule has 1 amide bonds. The van der Waals surface area contributed by atoms with E-state index < -0.39 is 0 Å². The van der Waals surface area contributed by atoms with Crippen LogP contribution in [-0.4, -0.2) is 37.1 Å². The number of benzene rings is 2. The third-order valence-corrected chi connectivity index (χ3v) is 4.70. The SMILES string of the molecule is CCCN(CC(=O)Nc1ccc(Cl)cc1Cl)Cc1cccc2c1OCCO2. The van der Waals surface area contributed by atoms with Gasteiger partial charge in [0.25, 0.3) is 0 Å². The van der Waals surface area contributed by atoms with E-state index >= 15 is 0 Å². The van der Waals surface area contributed by atoms with Gasteiger partial charge in [-0.25, -0.2) is 0 Å². The van der Waals surface area contributed by atoms with Crippen molar-refractivity contribution in [2.75, 3.05) is 31.6 Å². The number of carbonyl (C=O) groups excluding carboxylic acids is 1. The highest BCUT2D eigenvalue weighted by Gasteiger charge is 2.19. The summed E-state index contributed by atoms with van der Waals surface area (Å²) in [7, 11) is 0. The van der Waals surface area contributed by atoms with Crippen LogP contribution < -0.4 is 14.8 Å². The Balaban J connectivity index is 1.68. The topological polar surface area (TPSA) is 50.8 Å². The average Bonchev–Trinajstić information content (AvgIpc) is 2.64. The zero-order chi connectivity index (χ0) is 19.2. The number of anilines is 1. The predicted molar refractivity (Wildman–Crippen MR) is 108 cm³/mol. The third-order valence-electron chi connectivity index (χ3n) is 4.15. The van der Waals surface area contributed by atoms with Crippen LogP contribution in [0.25, 0.3) is 0 Å². The molecule has 5 nitrogen and oxygen atoms in total. The lowest BCUT2D eigenvalue weighted by molar-refractivity contribution is -0.117. The number of hydrogen-bond donors (Lipinski definition) is 1. The summed E-state index contributed by atoms with van der Waals surface area (Å²) in [6.07, 6.45) is 0.932. The Bertz CT molecular complexity index is 814. The molecule has 0 bridgehead atoms. The van der Waals surface area contributed by atoms with E-state index in [9.17, 15) is 4.79 Å². The van der Waals surface area contributed by atoms with E-state index in [2.05, 4.69) is 17.1 Å². The number of nitrogens with zero attached hydrogens (tertiary/aromatic N) is 1. The molecule has 0 aromatic heterocycles. The van der Waals surface area contributed by atoms with E-state index in [0.717, 1.165) is 30.0 Å². The maximum Gasteiger partial charge on any atom is 0.238 e. The molecule has 0 aliphatic carbocycles. The van der Waals surface area contributed by atoms with Crippen LogP contribution in [0.3, 0.4) is 0 Å². The molecule has 144 valence electrons. The van der Waals surface area contributed by atoms with Crippen molar-refractivity contribution in [2.24, 2.45) is 0 Å². The average molecular weight is 409 g/mol. The van der Waals surface area contributed by atoms with Crippen molar-refractivity contribution >= 4 is 34.8 Å². The summed E-state index contributed by atoms with van der Waals surface area (Å²) in [5.74, 6) is 1.40. The van der Waals surface area contributed by atoms with Gasteiger partial charge in [0.05, 0.1) is 17.3 Å². The van der Waals surface area contributed by atoms with Gasteiger partial charge in [-0.3, -0.25) is 9.69 Å². The number of ether oxygens (including phenoxy) is 2. The molecule has 7 heteroatoms. The minimum absolute atomic E-state index is 0.130. The smallest absolute Gasteiger partial charge is 0.238 e. The van der Waals surface area contributed by atoms with Crippen LogP contribution in [-0.2, 0) is 11.3 Å². The molecule has 1 aliphatic heterocycles.